The minimum atomic E-state index is -3.89. The van der Waals surface area contributed by atoms with Crippen LogP contribution in [0.2, 0.25) is 0 Å². The van der Waals surface area contributed by atoms with Crippen molar-refractivity contribution in [2.75, 3.05) is 13.2 Å². The van der Waals surface area contributed by atoms with Crippen molar-refractivity contribution in [1.82, 2.24) is 0 Å². The zero-order valence-corrected chi connectivity index (χ0v) is 19.4. The summed E-state index contributed by atoms with van der Waals surface area (Å²) in [5, 5.41) is 10.1. The average molecular weight is 454 g/mol. The molecule has 0 aromatic carbocycles. The predicted molar refractivity (Wildman–Crippen MR) is 113 cm³/mol. The molecule has 1 atom stereocenters. The van der Waals surface area contributed by atoms with E-state index in [9.17, 15) is 9.67 Å². The van der Waals surface area contributed by atoms with Crippen LogP contribution in [0.5, 0.6) is 0 Å². The lowest BCUT2D eigenvalue weighted by atomic mass is 10.1. The largest absolute Gasteiger partial charge is 0.377 e. The van der Waals surface area contributed by atoms with E-state index in [0.717, 1.165) is 38.5 Å². The van der Waals surface area contributed by atoms with E-state index < -0.39 is 17.2 Å². The minimum Gasteiger partial charge on any atom is -0.377 e. The molecule has 0 saturated heterocycles. The van der Waals surface area contributed by atoms with Crippen molar-refractivity contribution < 1.29 is 18.7 Å². The molecule has 0 aliphatic rings. The normalized spacial score (nSPS) is 13.9. The minimum absolute atomic E-state index is 0.220. The van der Waals surface area contributed by atoms with Crippen LogP contribution in [0.4, 0.5) is 0 Å². The van der Waals surface area contributed by atoms with Crippen LogP contribution in [0.3, 0.4) is 0 Å². The Bertz CT molecular complexity index is 356. The lowest BCUT2D eigenvalue weighted by molar-refractivity contribution is 0.139. The van der Waals surface area contributed by atoms with Crippen LogP contribution in [0.15, 0.2) is 0 Å². The molecule has 0 aliphatic heterocycles. The Labute approximate surface area is 174 Å². The van der Waals surface area contributed by atoms with Crippen LogP contribution >= 0.6 is 42.4 Å². The van der Waals surface area contributed by atoms with Gasteiger partial charge < -0.3 is 14.2 Å². The first-order valence-electron chi connectivity index (χ1n) is 9.91. The third kappa shape index (κ3) is 13.2. The molecule has 0 aromatic rings. The second-order valence-electron chi connectivity index (χ2n) is 6.66. The van der Waals surface area contributed by atoms with Gasteiger partial charge in [-0.1, -0.05) is 113 Å². The van der Waals surface area contributed by atoms with E-state index in [1.807, 2.05) is 0 Å². The molecular weight excluding hydrogens is 418 g/mol. The Morgan fingerprint density at radius 2 is 1.12 bits per heavy atom. The molecule has 0 spiro atoms. The van der Waals surface area contributed by atoms with Crippen molar-refractivity contribution in [1.29, 1.82) is 0 Å². The van der Waals surface area contributed by atoms with Crippen molar-refractivity contribution in [2.24, 2.45) is 0 Å². The molecule has 0 heterocycles. The number of hydrogen-bond acceptors (Lipinski definition) is 4. The molecule has 158 valence electrons. The first-order valence-corrected chi connectivity index (χ1v) is 12.7. The number of alkyl halides is 3. The fraction of sp³-hybridized carbons (Fsp3) is 1.00. The first-order chi connectivity index (χ1) is 12.3. The van der Waals surface area contributed by atoms with E-state index in [4.69, 9.17) is 43.9 Å². The molecule has 0 fully saturated rings. The van der Waals surface area contributed by atoms with Gasteiger partial charge >= 0.3 is 7.60 Å². The van der Waals surface area contributed by atoms with Crippen molar-refractivity contribution in [3.05, 3.63) is 0 Å². The Kier molecular flexibility index (Phi) is 16.4. The number of hydrogen-bond donors (Lipinski definition) is 1. The summed E-state index contributed by atoms with van der Waals surface area (Å²) in [6.45, 7) is 4.77. The molecular formula is C18H36Cl3O4P. The van der Waals surface area contributed by atoms with Gasteiger partial charge in [-0.3, -0.25) is 4.57 Å². The monoisotopic (exact) mass is 452 g/mol. The molecule has 1 N–H and O–H groups in total. The zero-order chi connectivity index (χ0) is 19.9. The van der Waals surface area contributed by atoms with E-state index >= 15 is 0 Å². The number of aliphatic hydroxyl groups is 1. The highest BCUT2D eigenvalue weighted by molar-refractivity contribution is 7.55. The highest BCUT2D eigenvalue weighted by Crippen LogP contribution is 2.59. The molecule has 0 radical (unpaired) electrons. The lowest BCUT2D eigenvalue weighted by Gasteiger charge is -2.27. The summed E-state index contributed by atoms with van der Waals surface area (Å²) in [7, 11) is -3.89. The van der Waals surface area contributed by atoms with Crippen LogP contribution in [0.25, 0.3) is 0 Å². The second kappa shape index (κ2) is 15.9. The van der Waals surface area contributed by atoms with Gasteiger partial charge in [0, 0.05) is 0 Å². The molecule has 0 bridgehead atoms. The molecule has 26 heavy (non-hydrogen) atoms. The van der Waals surface area contributed by atoms with Crippen LogP contribution in [0, 0.1) is 0 Å². The Morgan fingerprint density at radius 1 is 0.769 bits per heavy atom. The van der Waals surface area contributed by atoms with E-state index in [1.165, 1.54) is 38.5 Å². The van der Waals surface area contributed by atoms with E-state index in [-0.39, 0.29) is 13.2 Å². The molecule has 0 aromatic heterocycles. The molecule has 0 unspecified atom stereocenters. The number of aliphatic hydroxyl groups excluding tert-OH is 1. The van der Waals surface area contributed by atoms with Gasteiger partial charge in [0.25, 0.3) is 0 Å². The van der Waals surface area contributed by atoms with Crippen molar-refractivity contribution >= 4 is 42.4 Å². The summed E-state index contributed by atoms with van der Waals surface area (Å²) in [5.41, 5.74) is 0. The summed E-state index contributed by atoms with van der Waals surface area (Å²) >= 11 is 17.1. The molecule has 0 aliphatic carbocycles. The molecule has 0 amide bonds. The van der Waals surface area contributed by atoms with Gasteiger partial charge in [-0.2, -0.15) is 0 Å². The molecule has 0 rings (SSSR count). The van der Waals surface area contributed by atoms with Crippen LogP contribution in [-0.2, 0) is 13.6 Å². The molecule has 4 nitrogen and oxygen atoms in total. The van der Waals surface area contributed by atoms with Crippen molar-refractivity contribution in [3.63, 3.8) is 0 Å². The molecule has 0 saturated carbocycles. The summed E-state index contributed by atoms with van der Waals surface area (Å²) < 4.78 is 21.6. The van der Waals surface area contributed by atoms with Crippen molar-refractivity contribution in [2.45, 2.75) is 101 Å². The maximum atomic E-state index is 12.9. The van der Waals surface area contributed by atoms with Gasteiger partial charge in [0.15, 0.2) is 0 Å². The average Bonchev–Trinajstić information content (AvgIpc) is 2.58. The SMILES string of the molecule is CCCCCCCCOP(=O)(OCCCCCCCC)[C@H](O)C(Cl)(Cl)Cl. The highest BCUT2D eigenvalue weighted by atomic mass is 35.6. The van der Waals surface area contributed by atoms with Crippen LogP contribution < -0.4 is 0 Å². The number of rotatable bonds is 17. The Hall–Kier alpha value is 0.980. The molecule has 8 heteroatoms. The van der Waals surface area contributed by atoms with Gasteiger partial charge in [0.1, 0.15) is 0 Å². The lowest BCUT2D eigenvalue weighted by Crippen LogP contribution is -2.27. The summed E-state index contributed by atoms with van der Waals surface area (Å²) in [5.74, 6) is -1.79. The first kappa shape index (κ1) is 27.0. The quantitative estimate of drug-likeness (QED) is 0.140. The van der Waals surface area contributed by atoms with Gasteiger partial charge in [-0.05, 0) is 12.8 Å². The van der Waals surface area contributed by atoms with Crippen LogP contribution in [0.1, 0.15) is 90.9 Å². The second-order valence-corrected chi connectivity index (χ2v) is 11.1. The summed E-state index contributed by atoms with van der Waals surface area (Å²) in [6.07, 6.45) is 12.8. The van der Waals surface area contributed by atoms with E-state index in [2.05, 4.69) is 13.8 Å². The number of unbranched alkanes of at least 4 members (excludes halogenated alkanes) is 10. The Morgan fingerprint density at radius 3 is 1.46 bits per heavy atom. The fourth-order valence-electron chi connectivity index (χ4n) is 2.51. The summed E-state index contributed by atoms with van der Waals surface area (Å²) in [6, 6.07) is 0. The van der Waals surface area contributed by atoms with Gasteiger partial charge in [-0.15, -0.1) is 0 Å². The predicted octanol–water partition coefficient (Wildman–Crippen LogP) is 7.62. The highest BCUT2D eigenvalue weighted by Gasteiger charge is 2.47. The third-order valence-electron chi connectivity index (χ3n) is 4.13. The summed E-state index contributed by atoms with van der Waals surface area (Å²) in [4.78, 5) is 0. The van der Waals surface area contributed by atoms with Crippen molar-refractivity contribution in [3.8, 4) is 0 Å². The smallest absolute Gasteiger partial charge is 0.363 e. The maximum absolute atomic E-state index is 12.9. The van der Waals surface area contributed by atoms with Crippen LogP contribution in [-0.4, -0.2) is 28.0 Å². The van der Waals surface area contributed by atoms with E-state index in [0.29, 0.717) is 0 Å². The van der Waals surface area contributed by atoms with Gasteiger partial charge in [0.2, 0.25) is 9.64 Å². The zero-order valence-electron chi connectivity index (χ0n) is 16.2. The third-order valence-corrected chi connectivity index (χ3v) is 7.28. The standard InChI is InChI=1S/C18H36Cl3O4P/c1-3-5-7-9-11-13-15-24-26(23,17(22)18(19,20)21)25-16-14-12-10-8-6-4-2/h17,22H,3-16H2,1-2H3/t17-/m0/s1. The fourth-order valence-corrected chi connectivity index (χ4v) is 5.06. The topological polar surface area (TPSA) is 55.8 Å². The van der Waals surface area contributed by atoms with Gasteiger partial charge in [-0.25, -0.2) is 0 Å². The van der Waals surface area contributed by atoms with Gasteiger partial charge in [0.05, 0.1) is 13.2 Å². The van der Waals surface area contributed by atoms with E-state index in [1.54, 1.807) is 0 Å². The maximum Gasteiger partial charge on any atom is 0.363 e. The Balaban J connectivity index is 4.29. The number of halogens is 3.